The molecule has 4 heteroatoms. The molecule has 0 bridgehead atoms. The predicted octanol–water partition coefficient (Wildman–Crippen LogP) is 3.56. The molecule has 1 aromatic carbocycles. The van der Waals surface area contributed by atoms with Crippen molar-refractivity contribution in [3.63, 3.8) is 0 Å². The second-order valence-corrected chi connectivity index (χ2v) is 5.65. The van der Waals surface area contributed by atoms with Crippen LogP contribution in [0, 0.1) is 0 Å². The van der Waals surface area contributed by atoms with Crippen LogP contribution in [0.2, 0.25) is 0 Å². The first kappa shape index (κ1) is 14.0. The molecule has 2 rings (SSSR count). The van der Waals surface area contributed by atoms with E-state index in [-0.39, 0.29) is 0 Å². The molecule has 0 aliphatic rings. The van der Waals surface area contributed by atoms with Crippen molar-refractivity contribution in [1.82, 2.24) is 10.3 Å². The van der Waals surface area contributed by atoms with Gasteiger partial charge in [0.1, 0.15) is 12.4 Å². The highest BCUT2D eigenvalue weighted by atomic mass is 32.1. The monoisotopic (exact) mass is 276 g/mol. The van der Waals surface area contributed by atoms with Crippen molar-refractivity contribution in [2.45, 2.75) is 32.9 Å². The van der Waals surface area contributed by atoms with E-state index in [1.54, 1.807) is 11.3 Å². The molecular formula is C15H20N2OS. The van der Waals surface area contributed by atoms with E-state index in [1.165, 1.54) is 10.6 Å². The van der Waals surface area contributed by atoms with Crippen LogP contribution in [0.1, 0.15) is 36.0 Å². The lowest BCUT2D eigenvalue weighted by atomic mass is 10.2. The molecule has 0 atom stereocenters. The largest absolute Gasteiger partial charge is 0.487 e. The summed E-state index contributed by atoms with van der Waals surface area (Å²) in [5.41, 5.74) is 2.18. The standard InChI is InChI=1S/C15H20N2OS/c1-11(2)15-17-13(10-19-15)9-18-14-7-5-4-6-12(14)8-16-3/h4-7,10-11,16H,8-9H2,1-3H3. The third-order valence-electron chi connectivity index (χ3n) is 2.78. The van der Waals surface area contributed by atoms with Crippen molar-refractivity contribution in [3.05, 3.63) is 45.9 Å². The Hall–Kier alpha value is -1.39. The van der Waals surface area contributed by atoms with Crippen LogP contribution in [0.5, 0.6) is 5.75 Å². The maximum atomic E-state index is 5.87. The van der Waals surface area contributed by atoms with Gasteiger partial charge in [0, 0.05) is 23.4 Å². The number of rotatable bonds is 6. The van der Waals surface area contributed by atoms with Gasteiger partial charge in [-0.15, -0.1) is 11.3 Å². The summed E-state index contributed by atoms with van der Waals surface area (Å²) >= 11 is 1.70. The van der Waals surface area contributed by atoms with Crippen LogP contribution in [0.4, 0.5) is 0 Å². The fourth-order valence-electron chi connectivity index (χ4n) is 1.79. The molecular weight excluding hydrogens is 256 g/mol. The fraction of sp³-hybridized carbons (Fsp3) is 0.400. The lowest BCUT2D eigenvalue weighted by Crippen LogP contribution is -2.07. The average molecular weight is 276 g/mol. The molecule has 0 amide bonds. The van der Waals surface area contributed by atoms with Crippen LogP contribution >= 0.6 is 11.3 Å². The zero-order valence-electron chi connectivity index (χ0n) is 11.6. The number of aromatic nitrogens is 1. The first-order chi connectivity index (χ1) is 9.20. The van der Waals surface area contributed by atoms with Crippen molar-refractivity contribution in [3.8, 4) is 5.75 Å². The average Bonchev–Trinajstić information content (AvgIpc) is 2.87. The van der Waals surface area contributed by atoms with Crippen LogP contribution in [0.15, 0.2) is 29.6 Å². The maximum absolute atomic E-state index is 5.87. The summed E-state index contributed by atoms with van der Waals surface area (Å²) in [6, 6.07) is 8.10. The number of hydrogen-bond donors (Lipinski definition) is 1. The van der Waals surface area contributed by atoms with E-state index in [0.717, 1.165) is 18.0 Å². The van der Waals surface area contributed by atoms with E-state index in [9.17, 15) is 0 Å². The van der Waals surface area contributed by atoms with Crippen molar-refractivity contribution >= 4 is 11.3 Å². The number of hydrogen-bond acceptors (Lipinski definition) is 4. The number of benzene rings is 1. The maximum Gasteiger partial charge on any atom is 0.131 e. The Morgan fingerprint density at radius 2 is 2.11 bits per heavy atom. The van der Waals surface area contributed by atoms with Gasteiger partial charge in [-0.25, -0.2) is 4.98 Å². The van der Waals surface area contributed by atoms with Crippen molar-refractivity contribution in [1.29, 1.82) is 0 Å². The van der Waals surface area contributed by atoms with E-state index in [2.05, 4.69) is 35.6 Å². The second-order valence-electron chi connectivity index (χ2n) is 4.76. The molecule has 1 N–H and O–H groups in total. The minimum atomic E-state index is 0.482. The van der Waals surface area contributed by atoms with Crippen LogP contribution in [0.25, 0.3) is 0 Å². The summed E-state index contributed by atoms with van der Waals surface area (Å²) in [6.07, 6.45) is 0. The summed E-state index contributed by atoms with van der Waals surface area (Å²) in [5.74, 6) is 1.41. The molecule has 0 aliphatic heterocycles. The molecule has 0 fully saturated rings. The lowest BCUT2D eigenvalue weighted by molar-refractivity contribution is 0.298. The second kappa shape index (κ2) is 6.68. The lowest BCUT2D eigenvalue weighted by Gasteiger charge is -2.10. The van der Waals surface area contributed by atoms with Gasteiger partial charge in [-0.05, 0) is 13.1 Å². The molecule has 102 valence electrons. The minimum Gasteiger partial charge on any atom is -0.487 e. The van der Waals surface area contributed by atoms with Crippen molar-refractivity contribution in [2.24, 2.45) is 0 Å². The Labute approximate surface area is 118 Å². The highest BCUT2D eigenvalue weighted by molar-refractivity contribution is 7.09. The zero-order valence-corrected chi connectivity index (χ0v) is 12.5. The molecule has 2 aromatic rings. The van der Waals surface area contributed by atoms with E-state index < -0.39 is 0 Å². The number of para-hydroxylation sites is 1. The van der Waals surface area contributed by atoms with Gasteiger partial charge in [0.05, 0.1) is 10.7 Å². The van der Waals surface area contributed by atoms with E-state index in [4.69, 9.17) is 4.74 Å². The van der Waals surface area contributed by atoms with Crippen LogP contribution in [0.3, 0.4) is 0 Å². The quantitative estimate of drug-likeness (QED) is 0.876. The highest BCUT2D eigenvalue weighted by Gasteiger charge is 2.07. The predicted molar refractivity (Wildman–Crippen MR) is 79.7 cm³/mol. The van der Waals surface area contributed by atoms with Gasteiger partial charge in [0.25, 0.3) is 0 Å². The third-order valence-corrected chi connectivity index (χ3v) is 3.97. The van der Waals surface area contributed by atoms with E-state index in [1.807, 2.05) is 25.2 Å². The van der Waals surface area contributed by atoms with Gasteiger partial charge in [-0.2, -0.15) is 0 Å². The topological polar surface area (TPSA) is 34.1 Å². The molecule has 0 radical (unpaired) electrons. The van der Waals surface area contributed by atoms with Gasteiger partial charge in [-0.3, -0.25) is 0 Å². The van der Waals surface area contributed by atoms with Gasteiger partial charge >= 0.3 is 0 Å². The Bertz CT molecular complexity index is 522. The smallest absolute Gasteiger partial charge is 0.131 e. The molecule has 0 spiro atoms. The van der Waals surface area contributed by atoms with Gasteiger partial charge in [0.2, 0.25) is 0 Å². The van der Waals surface area contributed by atoms with Gasteiger partial charge in [0.15, 0.2) is 0 Å². The van der Waals surface area contributed by atoms with Gasteiger partial charge < -0.3 is 10.1 Å². The molecule has 19 heavy (non-hydrogen) atoms. The van der Waals surface area contributed by atoms with E-state index in [0.29, 0.717) is 12.5 Å². The Balaban J connectivity index is 2.01. The SMILES string of the molecule is CNCc1ccccc1OCc1csc(C(C)C)n1. The summed E-state index contributed by atoms with van der Waals surface area (Å²) < 4.78 is 5.87. The molecule has 1 heterocycles. The molecule has 1 aromatic heterocycles. The number of thiazole rings is 1. The molecule has 3 nitrogen and oxygen atoms in total. The van der Waals surface area contributed by atoms with E-state index >= 15 is 0 Å². The minimum absolute atomic E-state index is 0.482. The Morgan fingerprint density at radius 1 is 1.32 bits per heavy atom. The van der Waals surface area contributed by atoms with Crippen LogP contribution in [-0.4, -0.2) is 12.0 Å². The van der Waals surface area contributed by atoms with Crippen LogP contribution in [-0.2, 0) is 13.2 Å². The molecule has 0 saturated heterocycles. The zero-order chi connectivity index (χ0) is 13.7. The summed E-state index contributed by atoms with van der Waals surface area (Å²) in [7, 11) is 1.94. The summed E-state index contributed by atoms with van der Waals surface area (Å²) in [4.78, 5) is 4.58. The van der Waals surface area contributed by atoms with Crippen LogP contribution < -0.4 is 10.1 Å². The molecule has 0 aliphatic carbocycles. The van der Waals surface area contributed by atoms with Crippen molar-refractivity contribution < 1.29 is 4.74 Å². The molecule has 0 saturated carbocycles. The number of nitrogens with zero attached hydrogens (tertiary/aromatic N) is 1. The van der Waals surface area contributed by atoms with Gasteiger partial charge in [-0.1, -0.05) is 32.0 Å². The number of ether oxygens (including phenoxy) is 1. The third kappa shape index (κ3) is 3.78. The summed E-state index contributed by atoms with van der Waals surface area (Å²) in [5, 5.41) is 6.40. The molecule has 0 unspecified atom stereocenters. The summed E-state index contributed by atoms with van der Waals surface area (Å²) in [6.45, 7) is 5.66. The Kier molecular flexibility index (Phi) is 4.93. The fourth-order valence-corrected chi connectivity index (χ4v) is 2.61. The Morgan fingerprint density at radius 3 is 2.79 bits per heavy atom. The highest BCUT2D eigenvalue weighted by Crippen LogP contribution is 2.22. The first-order valence-electron chi connectivity index (χ1n) is 6.50. The normalized spacial score (nSPS) is 10.9. The first-order valence-corrected chi connectivity index (χ1v) is 7.38. The van der Waals surface area contributed by atoms with Crippen molar-refractivity contribution in [2.75, 3.05) is 7.05 Å². The number of nitrogens with one attached hydrogen (secondary N) is 1.